The Hall–Kier alpha value is -0.250. The Morgan fingerprint density at radius 1 is 1.56 bits per heavy atom. The minimum Gasteiger partial charge on any atom is -0.204 e. The Kier molecular flexibility index (Phi) is 2.97. The predicted molar refractivity (Wildman–Crippen MR) is 39.1 cm³/mol. The number of nitrogens with zero attached hydrogens (tertiary/aromatic N) is 1. The van der Waals surface area contributed by atoms with Gasteiger partial charge in [-0.05, 0) is 26.1 Å². The molecule has 0 aliphatic heterocycles. The maximum atomic E-state index is 10.6. The molecule has 9 heavy (non-hydrogen) atoms. The maximum Gasteiger partial charge on any atom is 0.263 e. The molecular formula is C4H7NO2S2. The largest absolute Gasteiger partial charge is 0.263 e. The summed E-state index contributed by atoms with van der Waals surface area (Å²) in [5.74, 6) is 0. The molecule has 0 aromatic rings. The van der Waals surface area contributed by atoms with E-state index < -0.39 is 15.3 Å². The third-order valence-electron chi connectivity index (χ3n) is 0.760. The smallest absolute Gasteiger partial charge is 0.204 e. The van der Waals surface area contributed by atoms with E-state index in [0.717, 1.165) is 0 Å². The van der Waals surface area contributed by atoms with Crippen molar-refractivity contribution in [3.63, 3.8) is 0 Å². The van der Waals surface area contributed by atoms with Crippen LogP contribution in [0.3, 0.4) is 0 Å². The van der Waals surface area contributed by atoms with Crippen LogP contribution in [0.15, 0.2) is 4.40 Å². The van der Waals surface area contributed by atoms with Gasteiger partial charge in [0.1, 0.15) is 0 Å². The second-order valence-electron chi connectivity index (χ2n) is 1.75. The highest BCUT2D eigenvalue weighted by molar-refractivity contribution is 7.91. The lowest BCUT2D eigenvalue weighted by Gasteiger charge is -1.96. The summed E-state index contributed by atoms with van der Waals surface area (Å²) in [6.07, 6.45) is 0. The van der Waals surface area contributed by atoms with Gasteiger partial charge in [-0.1, -0.05) is 0 Å². The molecule has 5 heteroatoms. The van der Waals surface area contributed by atoms with E-state index in [1.807, 2.05) is 5.16 Å². The van der Waals surface area contributed by atoms with E-state index in [4.69, 9.17) is 0 Å². The normalized spacial score (nSPS) is 11.0. The molecule has 0 aliphatic rings. The molecule has 0 aromatic carbocycles. The van der Waals surface area contributed by atoms with E-state index in [9.17, 15) is 8.42 Å². The molecule has 0 amide bonds. The zero-order valence-corrected chi connectivity index (χ0v) is 6.79. The first-order chi connectivity index (χ1) is 4.00. The molecule has 0 unspecified atom stereocenters. The van der Waals surface area contributed by atoms with Crippen molar-refractivity contribution in [3.05, 3.63) is 0 Å². The summed E-state index contributed by atoms with van der Waals surface area (Å²) in [6, 6.07) is 0. The van der Waals surface area contributed by atoms with Crippen LogP contribution in [0, 0.1) is 0 Å². The Bertz CT molecular complexity index is 223. The van der Waals surface area contributed by atoms with Crippen LogP contribution < -0.4 is 0 Å². The lowest BCUT2D eigenvalue weighted by Crippen LogP contribution is -2.09. The first-order valence-electron chi connectivity index (χ1n) is 2.33. The van der Waals surface area contributed by atoms with Crippen LogP contribution in [-0.2, 0) is 10.0 Å². The molecule has 0 saturated heterocycles. The van der Waals surface area contributed by atoms with E-state index in [-0.39, 0.29) is 0 Å². The Balaban J connectivity index is 4.62. The Labute approximate surface area is 59.8 Å². The van der Waals surface area contributed by atoms with Crippen LogP contribution in [0.5, 0.6) is 0 Å². The SMILES string of the molecule is CC(C)S(=O)(=O)N=C=S. The van der Waals surface area contributed by atoms with Gasteiger partial charge in [-0.3, -0.25) is 0 Å². The van der Waals surface area contributed by atoms with Gasteiger partial charge >= 0.3 is 0 Å². The van der Waals surface area contributed by atoms with Crippen molar-refractivity contribution in [3.8, 4) is 0 Å². The van der Waals surface area contributed by atoms with Crippen molar-refractivity contribution in [2.75, 3.05) is 0 Å². The van der Waals surface area contributed by atoms with Gasteiger partial charge in [-0.2, -0.15) is 0 Å². The van der Waals surface area contributed by atoms with Crippen molar-refractivity contribution >= 4 is 27.4 Å². The van der Waals surface area contributed by atoms with Gasteiger partial charge in [-0.15, -0.1) is 4.40 Å². The van der Waals surface area contributed by atoms with Crippen LogP contribution in [0.4, 0.5) is 0 Å². The van der Waals surface area contributed by atoms with Crippen LogP contribution in [0.1, 0.15) is 13.8 Å². The zero-order valence-electron chi connectivity index (χ0n) is 5.16. The fraction of sp³-hybridized carbons (Fsp3) is 0.750. The summed E-state index contributed by atoms with van der Waals surface area (Å²) < 4.78 is 24.3. The summed E-state index contributed by atoms with van der Waals surface area (Å²) in [5.41, 5.74) is 0. The quantitative estimate of drug-likeness (QED) is 0.449. The molecule has 0 saturated carbocycles. The van der Waals surface area contributed by atoms with Crippen molar-refractivity contribution in [1.82, 2.24) is 0 Å². The number of thiocarbonyl (C=S) groups is 1. The highest BCUT2D eigenvalue weighted by Crippen LogP contribution is 1.99. The monoisotopic (exact) mass is 165 g/mol. The minimum atomic E-state index is -3.34. The number of isothiocyanates is 1. The van der Waals surface area contributed by atoms with Gasteiger partial charge in [0.2, 0.25) is 0 Å². The molecule has 0 radical (unpaired) electrons. The van der Waals surface area contributed by atoms with Crippen LogP contribution >= 0.6 is 12.2 Å². The molecule has 0 fully saturated rings. The van der Waals surface area contributed by atoms with Gasteiger partial charge in [-0.25, -0.2) is 8.42 Å². The van der Waals surface area contributed by atoms with Crippen molar-refractivity contribution in [1.29, 1.82) is 0 Å². The minimum absolute atomic E-state index is 0.507. The molecule has 0 spiro atoms. The highest BCUT2D eigenvalue weighted by Gasteiger charge is 2.12. The lowest BCUT2D eigenvalue weighted by molar-refractivity contribution is 0.589. The van der Waals surface area contributed by atoms with Gasteiger partial charge in [0.25, 0.3) is 10.0 Å². The Morgan fingerprint density at radius 2 is 2.00 bits per heavy atom. The maximum absolute atomic E-state index is 10.6. The molecule has 0 heterocycles. The second-order valence-corrected chi connectivity index (χ2v) is 4.08. The summed E-state index contributed by atoms with van der Waals surface area (Å²) in [7, 11) is -3.34. The predicted octanol–water partition coefficient (Wildman–Crippen LogP) is 0.827. The van der Waals surface area contributed by atoms with E-state index in [2.05, 4.69) is 16.6 Å². The Morgan fingerprint density at radius 3 is 2.11 bits per heavy atom. The summed E-state index contributed by atoms with van der Waals surface area (Å²) in [6.45, 7) is 3.07. The standard InChI is InChI=1S/C4H7NO2S2/c1-4(2)9(6,7)5-3-8/h4H,1-2H3. The average Bonchev–Trinajstić information content (AvgIpc) is 1.65. The van der Waals surface area contributed by atoms with E-state index in [0.29, 0.717) is 0 Å². The van der Waals surface area contributed by atoms with Crippen LogP contribution in [-0.4, -0.2) is 18.8 Å². The number of hydrogen-bond donors (Lipinski definition) is 0. The lowest BCUT2D eigenvalue weighted by atomic mass is 10.6. The molecule has 0 aliphatic carbocycles. The fourth-order valence-electron chi connectivity index (χ4n) is 0.157. The third kappa shape index (κ3) is 2.70. The van der Waals surface area contributed by atoms with Crippen molar-refractivity contribution in [2.45, 2.75) is 19.1 Å². The molecule has 0 N–H and O–H groups in total. The van der Waals surface area contributed by atoms with Gasteiger partial charge in [0.15, 0.2) is 0 Å². The molecule has 3 nitrogen and oxygen atoms in total. The first kappa shape index (κ1) is 8.75. The third-order valence-corrected chi connectivity index (χ3v) is 2.50. The van der Waals surface area contributed by atoms with E-state index in [1.165, 1.54) is 13.8 Å². The highest BCUT2D eigenvalue weighted by atomic mass is 32.2. The summed E-state index contributed by atoms with van der Waals surface area (Å²) in [5, 5.41) is 1.30. The fourth-order valence-corrected chi connectivity index (χ4v) is 0.784. The van der Waals surface area contributed by atoms with Crippen molar-refractivity contribution in [2.24, 2.45) is 4.40 Å². The average molecular weight is 165 g/mol. The van der Waals surface area contributed by atoms with E-state index in [1.54, 1.807) is 0 Å². The van der Waals surface area contributed by atoms with Gasteiger partial charge in [0.05, 0.1) is 10.4 Å². The second kappa shape index (κ2) is 3.06. The molecular weight excluding hydrogens is 158 g/mol. The van der Waals surface area contributed by atoms with Crippen molar-refractivity contribution < 1.29 is 8.42 Å². The summed E-state index contributed by atoms with van der Waals surface area (Å²) in [4.78, 5) is 0. The molecule has 0 atom stereocenters. The van der Waals surface area contributed by atoms with Crippen LogP contribution in [0.25, 0.3) is 0 Å². The molecule has 0 aromatic heterocycles. The number of rotatable bonds is 2. The zero-order chi connectivity index (χ0) is 7.49. The summed E-state index contributed by atoms with van der Waals surface area (Å²) >= 11 is 4.12. The van der Waals surface area contributed by atoms with Gasteiger partial charge < -0.3 is 0 Å². The topological polar surface area (TPSA) is 46.5 Å². The van der Waals surface area contributed by atoms with E-state index >= 15 is 0 Å². The van der Waals surface area contributed by atoms with Gasteiger partial charge in [0, 0.05) is 0 Å². The first-order valence-corrected chi connectivity index (χ1v) is 4.25. The molecule has 0 rings (SSSR count). The molecule has 52 valence electrons. The number of sulfonamides is 1. The van der Waals surface area contributed by atoms with Crippen LogP contribution in [0.2, 0.25) is 0 Å². The molecule has 0 bridgehead atoms. The number of hydrogen-bond acceptors (Lipinski definition) is 3.